The molecule has 0 heterocycles. The summed E-state index contributed by atoms with van der Waals surface area (Å²) in [6, 6.07) is 0. The maximum absolute atomic E-state index is 11.7. The van der Waals surface area contributed by atoms with Crippen LogP contribution in [-0.4, -0.2) is 22.4 Å². The van der Waals surface area contributed by atoms with Gasteiger partial charge in [-0.15, -0.1) is 0 Å². The van der Waals surface area contributed by atoms with Gasteiger partial charge in [0.2, 0.25) is 0 Å². The molecule has 0 saturated heterocycles. The van der Waals surface area contributed by atoms with E-state index in [0.29, 0.717) is 40.4 Å². The van der Waals surface area contributed by atoms with Gasteiger partial charge >= 0.3 is 0 Å². The zero-order chi connectivity index (χ0) is 20.3. The zero-order valence-electron chi connectivity index (χ0n) is 19.2. The Labute approximate surface area is 173 Å². The quantitative estimate of drug-likeness (QED) is 0.613. The predicted octanol–water partition coefficient (Wildman–Crippen LogP) is 6.05. The van der Waals surface area contributed by atoms with Gasteiger partial charge in [-0.1, -0.05) is 53.9 Å². The second-order valence-corrected chi connectivity index (χ2v) is 11.9. The third-order valence-corrected chi connectivity index (χ3v) is 10.9. The molecule has 2 nitrogen and oxygen atoms in total. The van der Waals surface area contributed by atoms with Crippen LogP contribution in [0.15, 0.2) is 0 Å². The minimum Gasteiger partial charge on any atom is -0.393 e. The predicted molar refractivity (Wildman–Crippen MR) is 116 cm³/mol. The lowest BCUT2D eigenvalue weighted by atomic mass is 9.41. The molecule has 2 N–H and O–H groups in total. The first-order chi connectivity index (χ1) is 13.3. The second kappa shape index (κ2) is 7.56. The minimum absolute atomic E-state index is 0.143. The standard InChI is InChI=1S/C26H46O2/c1-6-8-16(3)19-9-10-20-23-21(12-14-25(19,20)4)26(5)13-11-17(27)15-22(26)18(7-2)24(23)28/h16-24,27-28H,6-15H2,1-5H3/t16-,17-,18-,19-,20?,21?,22+,23+,24-,25-,26-/m1/s1. The van der Waals surface area contributed by atoms with E-state index in [0.717, 1.165) is 31.1 Å². The Morgan fingerprint density at radius 2 is 1.57 bits per heavy atom. The Bertz CT molecular complexity index is 561. The van der Waals surface area contributed by atoms with Crippen molar-refractivity contribution in [2.75, 3.05) is 0 Å². The maximum Gasteiger partial charge on any atom is 0.0605 e. The van der Waals surface area contributed by atoms with Gasteiger partial charge in [-0.25, -0.2) is 0 Å². The molecular formula is C26H46O2. The fourth-order valence-corrected chi connectivity index (χ4v) is 9.59. The largest absolute Gasteiger partial charge is 0.393 e. The lowest BCUT2D eigenvalue weighted by molar-refractivity contribution is -0.203. The van der Waals surface area contributed by atoms with Crippen LogP contribution < -0.4 is 0 Å². The lowest BCUT2D eigenvalue weighted by Crippen LogP contribution is -2.62. The molecule has 0 aromatic carbocycles. The van der Waals surface area contributed by atoms with Crippen molar-refractivity contribution in [2.24, 2.45) is 52.3 Å². The topological polar surface area (TPSA) is 40.5 Å². The maximum atomic E-state index is 11.7. The highest BCUT2D eigenvalue weighted by Crippen LogP contribution is 2.69. The van der Waals surface area contributed by atoms with Crippen LogP contribution in [0.1, 0.15) is 98.8 Å². The molecule has 2 heteroatoms. The Morgan fingerprint density at radius 1 is 0.893 bits per heavy atom. The summed E-state index contributed by atoms with van der Waals surface area (Å²) in [7, 11) is 0. The van der Waals surface area contributed by atoms with Gasteiger partial charge < -0.3 is 10.2 Å². The summed E-state index contributed by atoms with van der Waals surface area (Å²) in [5.41, 5.74) is 0.769. The normalized spacial score (nSPS) is 54.5. The molecule has 2 unspecified atom stereocenters. The van der Waals surface area contributed by atoms with Crippen LogP contribution in [0, 0.1) is 52.3 Å². The first-order valence-corrected chi connectivity index (χ1v) is 12.6. The molecule has 4 aliphatic carbocycles. The van der Waals surface area contributed by atoms with Gasteiger partial charge in [0.1, 0.15) is 0 Å². The summed E-state index contributed by atoms with van der Waals surface area (Å²) in [4.78, 5) is 0. The van der Waals surface area contributed by atoms with E-state index in [4.69, 9.17) is 0 Å². The van der Waals surface area contributed by atoms with E-state index in [-0.39, 0.29) is 12.2 Å². The Hall–Kier alpha value is -0.0800. The van der Waals surface area contributed by atoms with E-state index >= 15 is 0 Å². The SMILES string of the molecule is CCC[C@@H](C)[C@H]1CCC2[C@H]3C(CC[C@@]21C)[C@@]1(C)CC[C@@H](O)C[C@H]1[C@@H](CC)[C@H]3O. The van der Waals surface area contributed by atoms with Crippen LogP contribution in [0.5, 0.6) is 0 Å². The van der Waals surface area contributed by atoms with Gasteiger partial charge in [-0.3, -0.25) is 0 Å². The highest BCUT2D eigenvalue weighted by molar-refractivity contribution is 5.13. The minimum atomic E-state index is -0.150. The molecule has 11 atom stereocenters. The van der Waals surface area contributed by atoms with Crippen molar-refractivity contribution in [3.05, 3.63) is 0 Å². The van der Waals surface area contributed by atoms with Crippen LogP contribution in [-0.2, 0) is 0 Å². The Balaban J connectivity index is 1.67. The van der Waals surface area contributed by atoms with Crippen LogP contribution in [0.25, 0.3) is 0 Å². The average Bonchev–Trinajstić information content (AvgIpc) is 3.01. The molecule has 4 rings (SSSR count). The smallest absolute Gasteiger partial charge is 0.0605 e. The van der Waals surface area contributed by atoms with Gasteiger partial charge in [-0.05, 0) is 97.2 Å². The van der Waals surface area contributed by atoms with E-state index in [2.05, 4.69) is 34.6 Å². The van der Waals surface area contributed by atoms with E-state index in [1.165, 1.54) is 44.9 Å². The molecule has 0 amide bonds. The third-order valence-electron chi connectivity index (χ3n) is 10.9. The molecule has 4 fully saturated rings. The van der Waals surface area contributed by atoms with Crippen molar-refractivity contribution in [1.29, 1.82) is 0 Å². The van der Waals surface area contributed by atoms with Crippen molar-refractivity contribution in [3.8, 4) is 0 Å². The Morgan fingerprint density at radius 3 is 2.25 bits per heavy atom. The van der Waals surface area contributed by atoms with Gasteiger partial charge in [0.15, 0.2) is 0 Å². The molecule has 0 radical (unpaired) electrons. The molecule has 0 aliphatic heterocycles. The number of fused-ring (bicyclic) bond motifs is 5. The first kappa shape index (κ1) is 21.2. The van der Waals surface area contributed by atoms with Crippen molar-refractivity contribution in [1.82, 2.24) is 0 Å². The van der Waals surface area contributed by atoms with Crippen molar-refractivity contribution < 1.29 is 10.2 Å². The average molecular weight is 391 g/mol. The fourth-order valence-electron chi connectivity index (χ4n) is 9.59. The van der Waals surface area contributed by atoms with Crippen LogP contribution in [0.4, 0.5) is 0 Å². The number of rotatable bonds is 4. The number of aliphatic hydroxyl groups is 2. The summed E-state index contributed by atoms with van der Waals surface area (Å²) >= 11 is 0. The van der Waals surface area contributed by atoms with E-state index in [1.54, 1.807) is 0 Å². The molecule has 0 aromatic heterocycles. The molecule has 0 aromatic rings. The van der Waals surface area contributed by atoms with E-state index in [9.17, 15) is 10.2 Å². The molecule has 162 valence electrons. The number of aliphatic hydroxyl groups excluding tert-OH is 2. The fraction of sp³-hybridized carbons (Fsp3) is 1.00. The van der Waals surface area contributed by atoms with E-state index < -0.39 is 0 Å². The number of hydrogen-bond donors (Lipinski definition) is 2. The molecule has 28 heavy (non-hydrogen) atoms. The van der Waals surface area contributed by atoms with Crippen molar-refractivity contribution in [2.45, 2.75) is 111 Å². The molecule has 0 bridgehead atoms. The molecule has 4 aliphatic rings. The zero-order valence-corrected chi connectivity index (χ0v) is 19.2. The van der Waals surface area contributed by atoms with Crippen LogP contribution >= 0.6 is 0 Å². The summed E-state index contributed by atoms with van der Waals surface area (Å²) in [5.74, 6) is 4.45. The van der Waals surface area contributed by atoms with Crippen molar-refractivity contribution >= 4 is 0 Å². The molecular weight excluding hydrogens is 344 g/mol. The van der Waals surface area contributed by atoms with Gasteiger partial charge in [0, 0.05) is 0 Å². The summed E-state index contributed by atoms with van der Waals surface area (Å²) in [6.45, 7) is 12.3. The Kier molecular flexibility index (Phi) is 5.71. The molecule has 0 spiro atoms. The second-order valence-electron chi connectivity index (χ2n) is 11.9. The van der Waals surface area contributed by atoms with Gasteiger partial charge in [-0.2, -0.15) is 0 Å². The first-order valence-electron chi connectivity index (χ1n) is 12.6. The van der Waals surface area contributed by atoms with Crippen molar-refractivity contribution in [3.63, 3.8) is 0 Å². The summed E-state index contributed by atoms with van der Waals surface area (Å²) in [6.07, 6.45) is 11.9. The van der Waals surface area contributed by atoms with Crippen LogP contribution in [0.2, 0.25) is 0 Å². The monoisotopic (exact) mass is 390 g/mol. The summed E-state index contributed by atoms with van der Waals surface area (Å²) < 4.78 is 0. The molecule has 4 saturated carbocycles. The van der Waals surface area contributed by atoms with Gasteiger partial charge in [0.05, 0.1) is 12.2 Å². The lowest BCUT2D eigenvalue weighted by Gasteiger charge is -2.64. The highest BCUT2D eigenvalue weighted by Gasteiger charge is 2.64. The summed E-state index contributed by atoms with van der Waals surface area (Å²) in [5, 5.41) is 22.1. The van der Waals surface area contributed by atoms with Crippen LogP contribution in [0.3, 0.4) is 0 Å². The highest BCUT2D eigenvalue weighted by atomic mass is 16.3. The third kappa shape index (κ3) is 2.95. The number of hydrogen-bond acceptors (Lipinski definition) is 2. The van der Waals surface area contributed by atoms with Gasteiger partial charge in [0.25, 0.3) is 0 Å². The van der Waals surface area contributed by atoms with E-state index in [1.807, 2.05) is 0 Å².